The fourth-order valence-electron chi connectivity index (χ4n) is 2.35. The zero-order chi connectivity index (χ0) is 13.4. The molecule has 0 aliphatic heterocycles. The lowest BCUT2D eigenvalue weighted by Crippen LogP contribution is -2.08. The van der Waals surface area contributed by atoms with Crippen LogP contribution in [0, 0.1) is 0 Å². The van der Waals surface area contributed by atoms with E-state index >= 15 is 0 Å². The van der Waals surface area contributed by atoms with E-state index in [9.17, 15) is 4.79 Å². The predicted molar refractivity (Wildman–Crippen MR) is 79.4 cm³/mol. The molecule has 0 amide bonds. The third kappa shape index (κ3) is 1.95. The Balaban J connectivity index is 1.99. The van der Waals surface area contributed by atoms with E-state index < -0.39 is 0 Å². The highest BCUT2D eigenvalue weighted by Crippen LogP contribution is 2.31. The number of hydrogen-bond donors (Lipinski definition) is 0. The van der Waals surface area contributed by atoms with Gasteiger partial charge in [-0.05, 0) is 29.3 Å². The van der Waals surface area contributed by atoms with Gasteiger partial charge in [-0.25, -0.2) is 0 Å². The van der Waals surface area contributed by atoms with Crippen LogP contribution in [0.15, 0.2) is 48.5 Å². The fraction of sp³-hybridized carbons (Fsp3) is 0.118. The monoisotopic (exact) mass is 249 g/mol. The Hall–Kier alpha value is -2.35. The summed E-state index contributed by atoms with van der Waals surface area (Å²) in [5, 5.41) is 0. The van der Waals surface area contributed by atoms with E-state index in [0.29, 0.717) is 0 Å². The van der Waals surface area contributed by atoms with Crippen LogP contribution in [0.1, 0.15) is 21.5 Å². The van der Waals surface area contributed by atoms with Gasteiger partial charge in [-0.2, -0.15) is 0 Å². The average Bonchev–Trinajstić information content (AvgIpc) is 2.77. The lowest BCUT2D eigenvalue weighted by molar-refractivity contribution is 0.105. The third-order valence-electron chi connectivity index (χ3n) is 3.44. The first-order valence-electron chi connectivity index (χ1n) is 6.30. The van der Waals surface area contributed by atoms with Gasteiger partial charge in [0, 0.05) is 30.9 Å². The number of benzene rings is 2. The molecule has 94 valence electrons. The Morgan fingerprint density at radius 1 is 0.895 bits per heavy atom. The summed E-state index contributed by atoms with van der Waals surface area (Å²) in [5.41, 5.74) is 4.71. The van der Waals surface area contributed by atoms with Gasteiger partial charge in [0.25, 0.3) is 0 Å². The van der Waals surface area contributed by atoms with Crippen molar-refractivity contribution < 1.29 is 4.79 Å². The Labute approximate surface area is 113 Å². The summed E-state index contributed by atoms with van der Waals surface area (Å²) in [6, 6.07) is 15.8. The van der Waals surface area contributed by atoms with Crippen molar-refractivity contribution in [2.75, 3.05) is 19.0 Å². The van der Waals surface area contributed by atoms with Crippen LogP contribution in [0.25, 0.3) is 11.6 Å². The number of hydrogen-bond acceptors (Lipinski definition) is 2. The molecule has 2 heteroatoms. The number of nitrogens with zero attached hydrogens (tertiary/aromatic N) is 1. The highest BCUT2D eigenvalue weighted by Gasteiger charge is 2.22. The second kappa shape index (κ2) is 4.39. The highest BCUT2D eigenvalue weighted by atomic mass is 16.1. The molecule has 2 aromatic carbocycles. The average molecular weight is 249 g/mol. The number of allylic oxidation sites excluding steroid dienone is 1. The molecule has 0 fully saturated rings. The van der Waals surface area contributed by atoms with Gasteiger partial charge in [-0.15, -0.1) is 0 Å². The summed E-state index contributed by atoms with van der Waals surface area (Å²) in [4.78, 5) is 14.4. The lowest BCUT2D eigenvalue weighted by Gasteiger charge is -2.12. The molecule has 19 heavy (non-hydrogen) atoms. The smallest absolute Gasteiger partial charge is 0.194 e. The Bertz CT molecular complexity index is 666. The van der Waals surface area contributed by atoms with E-state index in [1.54, 1.807) is 0 Å². The number of carbonyl (C=O) groups excluding carboxylic acids is 1. The number of rotatable bonds is 2. The molecule has 0 radical (unpaired) electrons. The minimum atomic E-state index is 0.119. The van der Waals surface area contributed by atoms with Crippen LogP contribution in [-0.2, 0) is 0 Å². The van der Waals surface area contributed by atoms with Crippen LogP contribution < -0.4 is 4.90 Å². The van der Waals surface area contributed by atoms with Gasteiger partial charge in [-0.3, -0.25) is 4.79 Å². The molecule has 1 aliphatic rings. The van der Waals surface area contributed by atoms with Crippen LogP contribution in [-0.4, -0.2) is 19.9 Å². The Kier molecular flexibility index (Phi) is 2.71. The lowest BCUT2D eigenvalue weighted by atomic mass is 10.0. The summed E-state index contributed by atoms with van der Waals surface area (Å²) in [7, 11) is 4.01. The topological polar surface area (TPSA) is 20.3 Å². The van der Waals surface area contributed by atoms with Gasteiger partial charge in [0.05, 0.1) is 0 Å². The van der Waals surface area contributed by atoms with Gasteiger partial charge >= 0.3 is 0 Å². The summed E-state index contributed by atoms with van der Waals surface area (Å²) < 4.78 is 0. The predicted octanol–water partition coefficient (Wildman–Crippen LogP) is 3.49. The molecule has 0 saturated carbocycles. The van der Waals surface area contributed by atoms with Crippen molar-refractivity contribution in [1.29, 1.82) is 0 Å². The molecule has 1 aliphatic carbocycles. The number of ketones is 1. The summed E-state index contributed by atoms with van der Waals surface area (Å²) in [5.74, 6) is 0.119. The van der Waals surface area contributed by atoms with E-state index in [2.05, 4.69) is 0 Å². The maximum atomic E-state index is 12.3. The molecule has 0 unspecified atom stereocenters. The van der Waals surface area contributed by atoms with E-state index in [1.807, 2.05) is 73.6 Å². The first-order valence-corrected chi connectivity index (χ1v) is 6.30. The highest BCUT2D eigenvalue weighted by molar-refractivity contribution is 6.37. The van der Waals surface area contributed by atoms with E-state index in [0.717, 1.165) is 28.0 Å². The molecule has 0 N–H and O–H groups in total. The molecule has 2 aromatic rings. The Morgan fingerprint density at radius 2 is 1.58 bits per heavy atom. The van der Waals surface area contributed by atoms with Crippen molar-refractivity contribution >= 4 is 23.1 Å². The molecule has 3 rings (SSSR count). The molecular formula is C17H15NO. The zero-order valence-corrected chi connectivity index (χ0v) is 11.1. The van der Waals surface area contributed by atoms with E-state index in [4.69, 9.17) is 0 Å². The molecule has 2 nitrogen and oxygen atoms in total. The molecule has 0 heterocycles. The minimum Gasteiger partial charge on any atom is -0.378 e. The number of Topliss-reactive ketones (excluding diaryl/α,β-unsaturated/α-hetero) is 1. The van der Waals surface area contributed by atoms with Gasteiger partial charge in [0.15, 0.2) is 5.78 Å². The van der Waals surface area contributed by atoms with Crippen molar-refractivity contribution in [3.8, 4) is 0 Å². The van der Waals surface area contributed by atoms with Gasteiger partial charge in [-0.1, -0.05) is 36.4 Å². The van der Waals surface area contributed by atoms with Crippen molar-refractivity contribution in [2.24, 2.45) is 0 Å². The maximum Gasteiger partial charge on any atom is 0.194 e. The molecule has 0 bridgehead atoms. The van der Waals surface area contributed by atoms with Crippen LogP contribution in [0.2, 0.25) is 0 Å². The Morgan fingerprint density at radius 3 is 2.21 bits per heavy atom. The number of anilines is 1. The van der Waals surface area contributed by atoms with Crippen molar-refractivity contribution in [1.82, 2.24) is 0 Å². The first-order chi connectivity index (χ1) is 9.16. The normalized spacial score (nSPS) is 13.2. The van der Waals surface area contributed by atoms with Gasteiger partial charge in [0.1, 0.15) is 0 Å². The summed E-state index contributed by atoms with van der Waals surface area (Å²) in [6.45, 7) is 0. The molecule has 0 aromatic heterocycles. The van der Waals surface area contributed by atoms with Crippen molar-refractivity contribution in [3.63, 3.8) is 0 Å². The third-order valence-corrected chi connectivity index (χ3v) is 3.44. The van der Waals surface area contributed by atoms with Crippen molar-refractivity contribution in [2.45, 2.75) is 0 Å². The fourth-order valence-corrected chi connectivity index (χ4v) is 2.35. The molecule has 0 atom stereocenters. The molecule has 0 saturated heterocycles. The van der Waals surface area contributed by atoms with Crippen LogP contribution in [0.5, 0.6) is 0 Å². The second-order valence-corrected chi connectivity index (χ2v) is 4.92. The quantitative estimate of drug-likeness (QED) is 0.812. The maximum absolute atomic E-state index is 12.3. The standard InChI is InChI=1S/C17H15NO/c1-18(2)14-9-7-12(8-10-14)16-11-13-5-3-4-6-15(13)17(16)19/h3-11H,1-2H3. The van der Waals surface area contributed by atoms with E-state index in [-0.39, 0.29) is 5.78 Å². The molecule has 0 spiro atoms. The first kappa shape index (κ1) is 11.7. The van der Waals surface area contributed by atoms with Gasteiger partial charge in [0.2, 0.25) is 0 Å². The van der Waals surface area contributed by atoms with Crippen molar-refractivity contribution in [3.05, 3.63) is 65.2 Å². The zero-order valence-electron chi connectivity index (χ0n) is 11.1. The summed E-state index contributed by atoms with van der Waals surface area (Å²) in [6.07, 6.45) is 1.97. The summed E-state index contributed by atoms with van der Waals surface area (Å²) >= 11 is 0. The van der Waals surface area contributed by atoms with Crippen LogP contribution in [0.3, 0.4) is 0 Å². The largest absolute Gasteiger partial charge is 0.378 e. The second-order valence-electron chi connectivity index (χ2n) is 4.92. The van der Waals surface area contributed by atoms with E-state index in [1.165, 1.54) is 0 Å². The van der Waals surface area contributed by atoms with Crippen LogP contribution in [0.4, 0.5) is 5.69 Å². The number of carbonyl (C=O) groups is 1. The van der Waals surface area contributed by atoms with Gasteiger partial charge < -0.3 is 4.90 Å². The van der Waals surface area contributed by atoms with Crippen LogP contribution >= 0.6 is 0 Å². The minimum absolute atomic E-state index is 0.119. The SMILES string of the molecule is CN(C)c1ccc(C2=Cc3ccccc3C2=O)cc1. The molecular weight excluding hydrogens is 234 g/mol. The number of fused-ring (bicyclic) bond motifs is 1.